The average molecular weight is 462 g/mol. The van der Waals surface area contributed by atoms with Gasteiger partial charge in [-0.25, -0.2) is 0 Å². The number of fused-ring (bicyclic) bond motifs is 5. The Morgan fingerprint density at radius 1 is 1.15 bits per heavy atom. The van der Waals surface area contributed by atoms with Gasteiger partial charge in [-0.2, -0.15) is 0 Å². The summed E-state index contributed by atoms with van der Waals surface area (Å²) in [6, 6.07) is 4.16. The molecule has 1 N–H and O–H groups in total. The van der Waals surface area contributed by atoms with Gasteiger partial charge in [0.25, 0.3) is 0 Å². The number of likely N-dealkylation sites (N-methyl/N-ethyl adjacent to an activating group) is 1. The predicted octanol–water partition coefficient (Wildman–Crippen LogP) is 3.80. The number of anilines is 1. The Morgan fingerprint density at radius 3 is 2.68 bits per heavy atom. The molecular weight excluding hydrogens is 426 g/mol. The molecule has 1 aromatic rings. The van der Waals surface area contributed by atoms with Gasteiger partial charge < -0.3 is 15.0 Å². The van der Waals surface area contributed by atoms with Gasteiger partial charge in [-0.15, -0.1) is 0 Å². The highest BCUT2D eigenvalue weighted by Gasteiger charge is 2.80. The van der Waals surface area contributed by atoms with E-state index < -0.39 is 11.0 Å². The quantitative estimate of drug-likeness (QED) is 0.638. The Hall–Kier alpha value is -2.34. The molecule has 2 bridgehead atoms. The van der Waals surface area contributed by atoms with E-state index in [1.54, 1.807) is 0 Å². The highest BCUT2D eigenvalue weighted by molar-refractivity contribution is 6.10. The predicted molar refractivity (Wildman–Crippen MR) is 131 cm³/mol. The number of amides is 2. The molecule has 0 aromatic heterocycles. The number of carbonyl (C=O) groups is 2. The maximum absolute atomic E-state index is 14.1. The van der Waals surface area contributed by atoms with Crippen molar-refractivity contribution in [1.82, 2.24) is 9.80 Å². The Labute approximate surface area is 201 Å². The van der Waals surface area contributed by atoms with E-state index in [0.29, 0.717) is 12.3 Å². The largest absolute Gasteiger partial charge is 0.483 e. The molecule has 2 amide bonds. The van der Waals surface area contributed by atoms with E-state index >= 15 is 0 Å². The van der Waals surface area contributed by atoms with Crippen molar-refractivity contribution in [3.63, 3.8) is 0 Å². The van der Waals surface area contributed by atoms with Crippen LogP contribution in [0.4, 0.5) is 5.69 Å². The van der Waals surface area contributed by atoms with Crippen LogP contribution in [0.3, 0.4) is 0 Å². The van der Waals surface area contributed by atoms with Crippen LogP contribution in [-0.4, -0.2) is 58.4 Å². The number of benzene rings is 1. The van der Waals surface area contributed by atoms with Gasteiger partial charge in [0.15, 0.2) is 0 Å². The molecule has 4 saturated heterocycles. The van der Waals surface area contributed by atoms with E-state index in [0.717, 1.165) is 48.5 Å². The Morgan fingerprint density at radius 2 is 1.91 bits per heavy atom. The van der Waals surface area contributed by atoms with E-state index in [1.165, 1.54) is 0 Å². The molecule has 6 aliphatic heterocycles. The molecule has 180 valence electrons. The summed E-state index contributed by atoms with van der Waals surface area (Å²) in [6.45, 7) is 12.8. The number of carbonyl (C=O) groups excluding carboxylic acids is 2. The van der Waals surface area contributed by atoms with Gasteiger partial charge in [0.2, 0.25) is 11.8 Å². The number of nitrogens with zero attached hydrogens (tertiary/aromatic N) is 2. The third-order valence-electron chi connectivity index (χ3n) is 11.0. The lowest BCUT2D eigenvalue weighted by Crippen LogP contribution is -2.79. The highest BCUT2D eigenvalue weighted by Crippen LogP contribution is 2.72. The smallest absolute Gasteiger partial charge is 0.243 e. The second-order valence-corrected chi connectivity index (χ2v) is 13.0. The molecule has 0 unspecified atom stereocenters. The lowest BCUT2D eigenvalue weighted by atomic mass is 9.56. The lowest BCUT2D eigenvalue weighted by molar-refractivity contribution is -0.189. The molecule has 7 aliphatic rings. The van der Waals surface area contributed by atoms with Crippen LogP contribution in [0.1, 0.15) is 65.0 Å². The summed E-state index contributed by atoms with van der Waals surface area (Å²) >= 11 is 0. The van der Waals surface area contributed by atoms with E-state index in [1.807, 2.05) is 27.0 Å². The summed E-state index contributed by atoms with van der Waals surface area (Å²) in [4.78, 5) is 32.5. The minimum absolute atomic E-state index is 0.0814. The highest BCUT2D eigenvalue weighted by atomic mass is 16.5. The van der Waals surface area contributed by atoms with Gasteiger partial charge >= 0.3 is 0 Å². The Kier molecular flexibility index (Phi) is 3.53. The molecule has 5 fully saturated rings. The number of ether oxygens (including phenoxy) is 1. The Balaban J connectivity index is 1.43. The fraction of sp³-hybridized carbons (Fsp3) is 0.643. The Bertz CT molecular complexity index is 1220. The maximum Gasteiger partial charge on any atom is 0.243 e. The molecule has 1 aromatic carbocycles. The molecule has 6 heteroatoms. The van der Waals surface area contributed by atoms with Gasteiger partial charge in [-0.1, -0.05) is 26.8 Å². The topological polar surface area (TPSA) is 61.9 Å². The number of hydrogen-bond acceptors (Lipinski definition) is 4. The van der Waals surface area contributed by atoms with E-state index in [2.05, 4.69) is 54.1 Å². The standard InChI is InChI=1S/C28H35N3O3/c1-16-10-12-31-15-26-14-27(25(4,5)20(26)13-28(16,31)23(33)30(26)6)18-7-8-19-17(21(18)29-22(27)32)9-11-24(2,3)34-19/h7-9,11,16,20H,10,12-15H2,1-6H3,(H,29,32)/t16-,20+,26+,27-,28-/m1/s1. The summed E-state index contributed by atoms with van der Waals surface area (Å²) in [7, 11) is 2.01. The molecule has 0 radical (unpaired) electrons. The average Bonchev–Trinajstić information content (AvgIpc) is 3.32. The van der Waals surface area contributed by atoms with Crippen molar-refractivity contribution in [2.24, 2.45) is 17.3 Å². The van der Waals surface area contributed by atoms with Crippen LogP contribution in [0.15, 0.2) is 18.2 Å². The third-order valence-corrected chi connectivity index (χ3v) is 11.0. The normalized spacial score (nSPS) is 42.4. The van der Waals surface area contributed by atoms with Crippen LogP contribution in [0.25, 0.3) is 6.08 Å². The van der Waals surface area contributed by atoms with Crippen LogP contribution in [0.5, 0.6) is 5.75 Å². The van der Waals surface area contributed by atoms with Gasteiger partial charge in [0, 0.05) is 19.2 Å². The van der Waals surface area contributed by atoms with Crippen molar-refractivity contribution in [1.29, 1.82) is 0 Å². The van der Waals surface area contributed by atoms with Crippen LogP contribution >= 0.6 is 0 Å². The van der Waals surface area contributed by atoms with Crippen molar-refractivity contribution in [2.75, 3.05) is 25.5 Å². The molecule has 8 rings (SSSR count). The fourth-order valence-corrected chi connectivity index (χ4v) is 9.17. The summed E-state index contributed by atoms with van der Waals surface area (Å²) in [5, 5.41) is 3.30. The van der Waals surface area contributed by atoms with Gasteiger partial charge in [0.05, 0.1) is 16.6 Å². The number of piperidine rings is 2. The molecule has 3 spiro atoms. The first-order chi connectivity index (χ1) is 15.9. The minimum Gasteiger partial charge on any atom is -0.483 e. The lowest BCUT2D eigenvalue weighted by Gasteiger charge is -2.65. The van der Waals surface area contributed by atoms with Gasteiger partial charge in [-0.3, -0.25) is 14.5 Å². The molecule has 1 aliphatic carbocycles. The number of hydrogen-bond donors (Lipinski definition) is 1. The molecule has 1 saturated carbocycles. The minimum atomic E-state index is -0.675. The zero-order valence-electron chi connectivity index (χ0n) is 21.1. The van der Waals surface area contributed by atoms with Crippen LogP contribution in [0.2, 0.25) is 0 Å². The van der Waals surface area contributed by atoms with Crippen LogP contribution < -0.4 is 10.1 Å². The molecule has 6 heterocycles. The maximum atomic E-state index is 14.1. The summed E-state index contributed by atoms with van der Waals surface area (Å²) in [5.74, 6) is 1.78. The number of piperazine rings is 1. The first kappa shape index (κ1) is 21.0. The second kappa shape index (κ2) is 5.72. The monoisotopic (exact) mass is 461 g/mol. The van der Waals surface area contributed by atoms with Crippen molar-refractivity contribution in [3.05, 3.63) is 29.3 Å². The zero-order valence-corrected chi connectivity index (χ0v) is 21.1. The van der Waals surface area contributed by atoms with Crippen molar-refractivity contribution < 1.29 is 14.3 Å². The fourth-order valence-electron chi connectivity index (χ4n) is 9.17. The van der Waals surface area contributed by atoms with E-state index in [-0.39, 0.29) is 34.3 Å². The third kappa shape index (κ3) is 1.95. The SMILES string of the molecule is C[C@@H]1CCN2C[C@@]34C[C@@]5(C(=O)Nc6c5ccc5c6C=CC(C)(C)O5)C(C)(C)[C@@H]3C[C@]12C(=O)N4C. The first-order valence-corrected chi connectivity index (χ1v) is 12.8. The molecule has 6 nitrogen and oxygen atoms in total. The zero-order chi connectivity index (χ0) is 24.1. The number of nitrogens with one attached hydrogen (secondary N) is 1. The van der Waals surface area contributed by atoms with Crippen LogP contribution in [-0.2, 0) is 15.0 Å². The molecule has 34 heavy (non-hydrogen) atoms. The van der Waals surface area contributed by atoms with Crippen molar-refractivity contribution in [3.8, 4) is 5.75 Å². The van der Waals surface area contributed by atoms with Crippen LogP contribution in [0, 0.1) is 17.3 Å². The summed E-state index contributed by atoms with van der Waals surface area (Å²) in [5.41, 5.74) is 0.867. The van der Waals surface area contributed by atoms with Crippen molar-refractivity contribution >= 4 is 23.6 Å². The summed E-state index contributed by atoms with van der Waals surface area (Å²) < 4.78 is 6.22. The van der Waals surface area contributed by atoms with Gasteiger partial charge in [0.1, 0.15) is 16.9 Å². The second-order valence-electron chi connectivity index (χ2n) is 13.0. The summed E-state index contributed by atoms with van der Waals surface area (Å²) in [6.07, 6.45) is 6.77. The van der Waals surface area contributed by atoms with Gasteiger partial charge in [-0.05, 0) is 80.7 Å². The van der Waals surface area contributed by atoms with E-state index in [4.69, 9.17) is 4.74 Å². The van der Waals surface area contributed by atoms with E-state index in [9.17, 15) is 9.59 Å². The molecule has 5 atom stereocenters. The molecular formula is C28H35N3O3. The number of rotatable bonds is 0. The first-order valence-electron chi connectivity index (χ1n) is 12.8. The van der Waals surface area contributed by atoms with Crippen molar-refractivity contribution in [2.45, 2.75) is 76.0 Å².